The zero-order valence-corrected chi connectivity index (χ0v) is 11.7. The van der Waals surface area contributed by atoms with Crippen LogP contribution in [0.1, 0.15) is 11.4 Å². The lowest BCUT2D eigenvalue weighted by molar-refractivity contribution is 0.312. The van der Waals surface area contributed by atoms with Crippen LogP contribution in [0, 0.1) is 0 Å². The highest BCUT2D eigenvalue weighted by molar-refractivity contribution is 5.78. The van der Waals surface area contributed by atoms with Crippen molar-refractivity contribution in [3.63, 3.8) is 0 Å². The van der Waals surface area contributed by atoms with E-state index < -0.39 is 0 Å². The molecule has 3 N–H and O–H groups in total. The molecule has 1 aromatic carbocycles. The van der Waals surface area contributed by atoms with Gasteiger partial charge in [0.1, 0.15) is 5.82 Å². The summed E-state index contributed by atoms with van der Waals surface area (Å²) in [5.41, 5.74) is 9.64. The van der Waals surface area contributed by atoms with E-state index in [2.05, 4.69) is 27.0 Å². The molecule has 0 spiro atoms. The normalized spacial score (nSPS) is 11.6. The predicted molar refractivity (Wildman–Crippen MR) is 78.9 cm³/mol. The molecule has 0 aliphatic carbocycles. The van der Waals surface area contributed by atoms with E-state index in [0.29, 0.717) is 0 Å². The highest BCUT2D eigenvalue weighted by Gasteiger charge is 2.07. The van der Waals surface area contributed by atoms with Crippen LogP contribution in [0.5, 0.6) is 0 Å². The molecule has 0 bridgehead atoms. The van der Waals surface area contributed by atoms with Crippen molar-refractivity contribution in [2.45, 2.75) is 13.1 Å². The van der Waals surface area contributed by atoms with Gasteiger partial charge in [0.25, 0.3) is 0 Å². The molecule has 2 aromatic heterocycles. The summed E-state index contributed by atoms with van der Waals surface area (Å²) in [5, 5.41) is 4.17. The maximum atomic E-state index is 5.77. The molecule has 3 aromatic rings. The number of nitrogens with one attached hydrogen (secondary N) is 1. The van der Waals surface area contributed by atoms with Gasteiger partial charge in [-0.05, 0) is 25.2 Å². The largest absolute Gasteiger partial charge is 0.399 e. The van der Waals surface area contributed by atoms with E-state index in [1.165, 1.54) is 5.56 Å². The Labute approximate surface area is 117 Å². The van der Waals surface area contributed by atoms with Crippen molar-refractivity contribution in [1.29, 1.82) is 0 Å². The van der Waals surface area contributed by atoms with Gasteiger partial charge in [0.15, 0.2) is 0 Å². The Morgan fingerprint density at radius 2 is 2.20 bits per heavy atom. The third-order valence-corrected chi connectivity index (χ3v) is 3.19. The van der Waals surface area contributed by atoms with Gasteiger partial charge in [0.05, 0.1) is 23.8 Å². The summed E-state index contributed by atoms with van der Waals surface area (Å²) in [4.78, 5) is 10.1. The van der Waals surface area contributed by atoms with Crippen molar-refractivity contribution in [3.8, 4) is 0 Å². The Bertz CT molecular complexity index is 726. The minimum absolute atomic E-state index is 0.747. The van der Waals surface area contributed by atoms with Crippen LogP contribution in [0.2, 0.25) is 0 Å². The first-order valence-corrected chi connectivity index (χ1v) is 6.50. The molecule has 0 aliphatic rings. The Hall–Kier alpha value is -2.34. The molecule has 20 heavy (non-hydrogen) atoms. The highest BCUT2D eigenvalue weighted by Crippen LogP contribution is 2.16. The molecule has 0 amide bonds. The van der Waals surface area contributed by atoms with E-state index in [4.69, 9.17) is 5.73 Å². The summed E-state index contributed by atoms with van der Waals surface area (Å²) < 4.78 is 1.81. The number of hydrogen-bond donors (Lipinski definition) is 2. The van der Waals surface area contributed by atoms with Crippen LogP contribution in [0.25, 0.3) is 11.0 Å². The number of aromatic amines is 1. The Balaban J connectivity index is 1.72. The average molecular weight is 270 g/mol. The lowest BCUT2D eigenvalue weighted by Gasteiger charge is -2.13. The summed E-state index contributed by atoms with van der Waals surface area (Å²) >= 11 is 0. The molecule has 0 saturated heterocycles. The molecule has 0 radical (unpaired) electrons. The highest BCUT2D eigenvalue weighted by atomic mass is 15.2. The van der Waals surface area contributed by atoms with Crippen LogP contribution in [0.15, 0.2) is 30.6 Å². The Morgan fingerprint density at radius 1 is 1.35 bits per heavy atom. The van der Waals surface area contributed by atoms with Crippen LogP contribution >= 0.6 is 0 Å². The summed E-state index contributed by atoms with van der Waals surface area (Å²) in [6.07, 6.45) is 3.91. The monoisotopic (exact) mass is 270 g/mol. The van der Waals surface area contributed by atoms with Crippen molar-refractivity contribution in [1.82, 2.24) is 24.6 Å². The number of hydrogen-bond acceptors (Lipinski definition) is 4. The molecule has 2 heterocycles. The second-order valence-electron chi connectivity index (χ2n) is 5.15. The third kappa shape index (κ3) is 2.65. The molecule has 6 nitrogen and oxygen atoms in total. The fourth-order valence-electron chi connectivity index (χ4n) is 2.33. The van der Waals surface area contributed by atoms with Crippen molar-refractivity contribution >= 4 is 16.7 Å². The standard InChI is InChI=1S/C14H18N6/c1-19(7-10-6-16-20(2)8-10)9-14-17-12-4-3-11(15)5-13(12)18-14/h3-6,8H,7,9,15H2,1-2H3,(H,17,18). The van der Waals surface area contributed by atoms with Gasteiger partial charge in [-0.15, -0.1) is 0 Å². The van der Waals surface area contributed by atoms with Crippen LogP contribution in [-0.2, 0) is 20.1 Å². The first kappa shape index (κ1) is 12.7. The molecule has 6 heteroatoms. The average Bonchev–Trinajstić information content (AvgIpc) is 2.94. The number of benzene rings is 1. The minimum atomic E-state index is 0.747. The van der Waals surface area contributed by atoms with E-state index in [0.717, 1.165) is 35.6 Å². The van der Waals surface area contributed by atoms with Gasteiger partial charge >= 0.3 is 0 Å². The molecule has 0 saturated carbocycles. The van der Waals surface area contributed by atoms with Gasteiger partial charge in [-0.1, -0.05) is 0 Å². The van der Waals surface area contributed by atoms with Crippen molar-refractivity contribution in [2.75, 3.05) is 12.8 Å². The molecular formula is C14H18N6. The van der Waals surface area contributed by atoms with E-state index in [1.807, 2.05) is 42.3 Å². The molecule has 104 valence electrons. The third-order valence-electron chi connectivity index (χ3n) is 3.19. The molecule has 3 rings (SSSR count). The zero-order valence-electron chi connectivity index (χ0n) is 11.7. The molecule has 0 fully saturated rings. The molecule has 0 atom stereocenters. The van der Waals surface area contributed by atoms with Crippen molar-refractivity contribution in [2.24, 2.45) is 7.05 Å². The second kappa shape index (κ2) is 4.97. The summed E-state index contributed by atoms with van der Waals surface area (Å²) in [7, 11) is 3.99. The van der Waals surface area contributed by atoms with Crippen molar-refractivity contribution in [3.05, 3.63) is 42.0 Å². The predicted octanol–water partition coefficient (Wildman–Crippen LogP) is 1.51. The lowest BCUT2D eigenvalue weighted by Crippen LogP contribution is -2.17. The summed E-state index contributed by atoms with van der Waals surface area (Å²) in [6, 6.07) is 5.71. The van der Waals surface area contributed by atoms with E-state index >= 15 is 0 Å². The number of rotatable bonds is 4. The number of nitrogens with zero attached hydrogens (tertiary/aromatic N) is 4. The fourth-order valence-corrected chi connectivity index (χ4v) is 2.33. The fraction of sp³-hybridized carbons (Fsp3) is 0.286. The number of imidazole rings is 1. The van der Waals surface area contributed by atoms with Gasteiger partial charge in [-0.3, -0.25) is 9.58 Å². The first-order chi connectivity index (χ1) is 9.60. The number of fused-ring (bicyclic) bond motifs is 1. The zero-order chi connectivity index (χ0) is 14.1. The van der Waals surface area contributed by atoms with Crippen LogP contribution in [0.3, 0.4) is 0 Å². The Kier molecular flexibility index (Phi) is 3.15. The number of nitrogen functional groups attached to an aromatic ring is 1. The SMILES string of the molecule is CN(Cc1cnn(C)c1)Cc1nc2ccc(N)cc2[nH]1. The number of nitrogens with two attached hydrogens (primary N) is 1. The van der Waals surface area contributed by atoms with Gasteiger partial charge in [0, 0.05) is 31.0 Å². The van der Waals surface area contributed by atoms with Gasteiger partial charge in [0.2, 0.25) is 0 Å². The lowest BCUT2D eigenvalue weighted by atomic mass is 10.3. The Morgan fingerprint density at radius 3 is 2.95 bits per heavy atom. The molecule has 0 aliphatic heterocycles. The van der Waals surface area contributed by atoms with E-state index in [9.17, 15) is 0 Å². The quantitative estimate of drug-likeness (QED) is 0.705. The number of H-pyrrole nitrogens is 1. The summed E-state index contributed by atoms with van der Waals surface area (Å²) in [5.74, 6) is 0.942. The molecular weight excluding hydrogens is 252 g/mol. The van der Waals surface area contributed by atoms with Gasteiger partial charge < -0.3 is 10.7 Å². The summed E-state index contributed by atoms with van der Waals surface area (Å²) in [6.45, 7) is 1.59. The molecule has 0 unspecified atom stereocenters. The van der Waals surface area contributed by atoms with E-state index in [-0.39, 0.29) is 0 Å². The van der Waals surface area contributed by atoms with Gasteiger partial charge in [-0.25, -0.2) is 4.98 Å². The first-order valence-electron chi connectivity index (χ1n) is 6.50. The maximum Gasteiger partial charge on any atom is 0.121 e. The van der Waals surface area contributed by atoms with E-state index in [1.54, 1.807) is 0 Å². The topological polar surface area (TPSA) is 75.8 Å². The van der Waals surface area contributed by atoms with Gasteiger partial charge in [-0.2, -0.15) is 5.10 Å². The second-order valence-corrected chi connectivity index (χ2v) is 5.15. The number of anilines is 1. The maximum absolute atomic E-state index is 5.77. The smallest absolute Gasteiger partial charge is 0.121 e. The van der Waals surface area contributed by atoms with Crippen LogP contribution in [0.4, 0.5) is 5.69 Å². The number of aryl methyl sites for hydroxylation is 1. The van der Waals surface area contributed by atoms with Crippen molar-refractivity contribution < 1.29 is 0 Å². The number of aromatic nitrogens is 4. The van der Waals surface area contributed by atoms with Crippen LogP contribution < -0.4 is 5.73 Å². The van der Waals surface area contributed by atoms with Crippen LogP contribution in [-0.4, -0.2) is 31.7 Å². The minimum Gasteiger partial charge on any atom is -0.399 e.